The number of benzene rings is 1. The summed E-state index contributed by atoms with van der Waals surface area (Å²) < 4.78 is 33.9. The van der Waals surface area contributed by atoms with Crippen LogP contribution in [0.2, 0.25) is 0 Å². The minimum atomic E-state index is -3.74. The SMILES string of the molecule is CC(C)(C)OC(=O)CCNC(=O)Nc1cn2cc(-c3cccc(S(=O)(=O)NCCO)c3)ccc2n1. The zero-order valence-electron chi connectivity index (χ0n) is 19.7. The molecule has 12 heteroatoms. The lowest BCUT2D eigenvalue weighted by molar-refractivity contribution is -0.154. The third-order valence-corrected chi connectivity index (χ3v) is 6.07. The van der Waals surface area contributed by atoms with Crippen molar-refractivity contribution in [1.82, 2.24) is 19.4 Å². The number of anilines is 1. The van der Waals surface area contributed by atoms with Gasteiger partial charge in [0, 0.05) is 19.3 Å². The maximum absolute atomic E-state index is 12.4. The minimum absolute atomic E-state index is 0.0452. The fourth-order valence-electron chi connectivity index (χ4n) is 3.16. The normalized spacial score (nSPS) is 11.9. The molecule has 0 saturated heterocycles. The van der Waals surface area contributed by atoms with Gasteiger partial charge in [0.05, 0.1) is 24.1 Å². The summed E-state index contributed by atoms with van der Waals surface area (Å²) in [6.45, 7) is 5.07. The summed E-state index contributed by atoms with van der Waals surface area (Å²) in [6, 6.07) is 9.45. The number of carbonyl (C=O) groups excluding carboxylic acids is 2. The van der Waals surface area contributed by atoms with E-state index in [2.05, 4.69) is 20.3 Å². The highest BCUT2D eigenvalue weighted by molar-refractivity contribution is 7.89. The van der Waals surface area contributed by atoms with E-state index in [4.69, 9.17) is 9.84 Å². The highest BCUT2D eigenvalue weighted by Gasteiger charge is 2.17. The number of imidazole rings is 1. The fraction of sp³-hybridized carbons (Fsp3) is 0.348. The lowest BCUT2D eigenvalue weighted by atomic mass is 10.1. The van der Waals surface area contributed by atoms with Crippen LogP contribution in [0.25, 0.3) is 16.8 Å². The molecule has 4 N–H and O–H groups in total. The fourth-order valence-corrected chi connectivity index (χ4v) is 4.23. The summed E-state index contributed by atoms with van der Waals surface area (Å²) >= 11 is 0. The van der Waals surface area contributed by atoms with Crippen molar-refractivity contribution in [2.75, 3.05) is 25.0 Å². The van der Waals surface area contributed by atoms with Gasteiger partial charge in [-0.2, -0.15) is 0 Å². The van der Waals surface area contributed by atoms with Gasteiger partial charge in [-0.25, -0.2) is 22.9 Å². The Morgan fingerprint density at radius 3 is 2.57 bits per heavy atom. The van der Waals surface area contributed by atoms with Gasteiger partial charge in [0.2, 0.25) is 10.0 Å². The van der Waals surface area contributed by atoms with E-state index in [0.29, 0.717) is 17.0 Å². The lowest BCUT2D eigenvalue weighted by Gasteiger charge is -2.19. The monoisotopic (exact) mass is 503 g/mol. The Bertz CT molecular complexity index is 1310. The van der Waals surface area contributed by atoms with Crippen LogP contribution >= 0.6 is 0 Å². The number of aromatic nitrogens is 2. The molecule has 0 fully saturated rings. The van der Waals surface area contributed by atoms with Gasteiger partial charge in [-0.1, -0.05) is 12.1 Å². The molecule has 0 bridgehead atoms. The van der Waals surface area contributed by atoms with Crippen LogP contribution in [0.4, 0.5) is 10.6 Å². The maximum Gasteiger partial charge on any atom is 0.320 e. The van der Waals surface area contributed by atoms with Gasteiger partial charge < -0.3 is 19.6 Å². The molecule has 0 unspecified atom stereocenters. The molecule has 188 valence electrons. The number of rotatable bonds is 9. The molecule has 2 heterocycles. The Balaban J connectivity index is 1.66. The number of aliphatic hydroxyl groups excluding tert-OH is 1. The topological polar surface area (TPSA) is 151 Å². The van der Waals surface area contributed by atoms with E-state index >= 15 is 0 Å². The summed E-state index contributed by atoms with van der Waals surface area (Å²) in [5.74, 6) is -0.0967. The number of hydrogen-bond donors (Lipinski definition) is 4. The third kappa shape index (κ3) is 7.50. The van der Waals surface area contributed by atoms with Crippen molar-refractivity contribution in [2.24, 2.45) is 0 Å². The molecular formula is C23H29N5O6S. The molecule has 0 saturated carbocycles. The summed E-state index contributed by atoms with van der Waals surface area (Å²) in [4.78, 5) is 28.3. The smallest absolute Gasteiger partial charge is 0.320 e. The number of pyridine rings is 1. The predicted octanol–water partition coefficient (Wildman–Crippen LogP) is 2.13. The van der Waals surface area contributed by atoms with Gasteiger partial charge in [-0.15, -0.1) is 0 Å². The number of amides is 2. The molecule has 0 radical (unpaired) electrons. The van der Waals surface area contributed by atoms with E-state index < -0.39 is 27.6 Å². The van der Waals surface area contributed by atoms with Crippen molar-refractivity contribution in [3.8, 4) is 11.1 Å². The number of aliphatic hydroxyl groups is 1. The maximum atomic E-state index is 12.4. The predicted molar refractivity (Wildman–Crippen MR) is 130 cm³/mol. The van der Waals surface area contributed by atoms with Gasteiger partial charge in [0.15, 0.2) is 5.82 Å². The Labute approximate surface area is 203 Å². The summed E-state index contributed by atoms with van der Waals surface area (Å²) in [7, 11) is -3.74. The Kier molecular flexibility index (Phi) is 8.10. The molecule has 11 nitrogen and oxygen atoms in total. The molecule has 3 aromatic rings. The average molecular weight is 504 g/mol. The van der Waals surface area contributed by atoms with Crippen molar-refractivity contribution in [3.63, 3.8) is 0 Å². The number of nitrogens with zero attached hydrogens (tertiary/aromatic N) is 2. The first-order valence-corrected chi connectivity index (χ1v) is 12.4. The van der Waals surface area contributed by atoms with Crippen LogP contribution in [0.5, 0.6) is 0 Å². The van der Waals surface area contributed by atoms with Crippen LogP contribution in [0.3, 0.4) is 0 Å². The van der Waals surface area contributed by atoms with Crippen molar-refractivity contribution in [3.05, 3.63) is 48.8 Å². The zero-order chi connectivity index (χ0) is 25.6. The first-order chi connectivity index (χ1) is 16.5. The molecule has 0 aliphatic heterocycles. The third-order valence-electron chi connectivity index (χ3n) is 4.61. The molecule has 0 aliphatic rings. The van der Waals surface area contributed by atoms with Crippen LogP contribution in [0, 0.1) is 0 Å². The summed E-state index contributed by atoms with van der Waals surface area (Å²) in [5, 5.41) is 14.1. The first-order valence-electron chi connectivity index (χ1n) is 10.9. The van der Waals surface area contributed by atoms with E-state index in [9.17, 15) is 18.0 Å². The van der Waals surface area contributed by atoms with Gasteiger partial charge in [0.25, 0.3) is 0 Å². The van der Waals surface area contributed by atoms with Crippen LogP contribution in [0.1, 0.15) is 27.2 Å². The molecule has 0 aliphatic carbocycles. The van der Waals surface area contributed by atoms with E-state index in [1.165, 1.54) is 12.1 Å². The van der Waals surface area contributed by atoms with E-state index in [0.717, 1.165) is 5.56 Å². The Morgan fingerprint density at radius 2 is 1.86 bits per heavy atom. The van der Waals surface area contributed by atoms with Crippen LogP contribution in [-0.4, -0.2) is 60.2 Å². The Hall–Kier alpha value is -3.48. The first kappa shape index (κ1) is 26.1. The molecule has 3 rings (SSSR count). The molecule has 0 atom stereocenters. The zero-order valence-corrected chi connectivity index (χ0v) is 20.6. The van der Waals surface area contributed by atoms with E-state index in [1.807, 2.05) is 0 Å². The lowest BCUT2D eigenvalue weighted by Crippen LogP contribution is -2.32. The quantitative estimate of drug-likeness (QED) is 0.327. The second-order valence-corrected chi connectivity index (χ2v) is 10.4. The average Bonchev–Trinajstić information content (AvgIpc) is 3.18. The van der Waals surface area contributed by atoms with Crippen molar-refractivity contribution < 1.29 is 27.9 Å². The molecule has 2 aromatic heterocycles. The van der Waals surface area contributed by atoms with Crippen molar-refractivity contribution in [2.45, 2.75) is 37.7 Å². The number of urea groups is 1. The standard InChI is InChI=1S/C23H29N5O6S/c1-23(2,3)34-21(30)9-10-24-22(31)27-19-15-28-14-17(7-8-20(28)26-19)16-5-4-6-18(13-16)35(32,33)25-11-12-29/h4-8,13-15,25,29H,9-12H2,1-3H3,(H2,24,27,31). The van der Waals surface area contributed by atoms with Gasteiger partial charge in [-0.3, -0.25) is 10.1 Å². The van der Waals surface area contributed by atoms with Crippen molar-refractivity contribution >= 4 is 33.5 Å². The van der Waals surface area contributed by atoms with Crippen LogP contribution in [-0.2, 0) is 19.6 Å². The highest BCUT2D eigenvalue weighted by atomic mass is 32.2. The number of hydrogen-bond acceptors (Lipinski definition) is 7. The van der Waals surface area contributed by atoms with E-state index in [1.54, 1.807) is 61.8 Å². The summed E-state index contributed by atoms with van der Waals surface area (Å²) in [6.07, 6.45) is 3.43. The van der Waals surface area contributed by atoms with Gasteiger partial charge in [-0.05, 0) is 56.2 Å². The number of sulfonamides is 1. The number of esters is 1. The second-order valence-electron chi connectivity index (χ2n) is 8.68. The number of ether oxygens (including phenoxy) is 1. The summed E-state index contributed by atoms with van der Waals surface area (Å²) in [5.41, 5.74) is 1.40. The largest absolute Gasteiger partial charge is 0.460 e. The number of nitrogens with one attached hydrogen (secondary N) is 3. The van der Waals surface area contributed by atoms with Crippen LogP contribution in [0.15, 0.2) is 53.7 Å². The highest BCUT2D eigenvalue weighted by Crippen LogP contribution is 2.24. The van der Waals surface area contributed by atoms with Gasteiger partial charge >= 0.3 is 12.0 Å². The van der Waals surface area contributed by atoms with Crippen LogP contribution < -0.4 is 15.4 Å². The van der Waals surface area contributed by atoms with Gasteiger partial charge in [0.1, 0.15) is 11.2 Å². The van der Waals surface area contributed by atoms with Crippen molar-refractivity contribution in [1.29, 1.82) is 0 Å². The number of fused-ring (bicyclic) bond motifs is 1. The molecule has 2 amide bonds. The molecule has 35 heavy (non-hydrogen) atoms. The second kappa shape index (κ2) is 10.8. The number of carbonyl (C=O) groups is 2. The molecular weight excluding hydrogens is 474 g/mol. The van der Waals surface area contributed by atoms with E-state index in [-0.39, 0.29) is 31.0 Å². The minimum Gasteiger partial charge on any atom is -0.460 e. The Morgan fingerprint density at radius 1 is 1.09 bits per heavy atom. The molecule has 1 aromatic carbocycles. The molecule has 0 spiro atoms.